The monoisotopic (exact) mass is 196 g/mol. The van der Waals surface area contributed by atoms with Crippen LogP contribution in [0.15, 0.2) is 10.8 Å². The molecule has 2 heteroatoms. The molecule has 0 aliphatic carbocycles. The van der Waals surface area contributed by atoms with Gasteiger partial charge in [0.1, 0.15) is 5.76 Å². The van der Waals surface area contributed by atoms with Gasteiger partial charge in [0.05, 0.1) is 5.69 Å². The second-order valence-electron chi connectivity index (χ2n) is 5.83. The van der Waals surface area contributed by atoms with E-state index in [1.807, 2.05) is 20.8 Å². The third-order valence-corrected chi connectivity index (χ3v) is 1.87. The first-order valence-corrected chi connectivity index (χ1v) is 5.00. The lowest BCUT2D eigenvalue weighted by atomic mass is 9.85. The fraction of sp³-hybridized carbons (Fsp3) is 0.750. The molecule has 0 aliphatic heterocycles. The van der Waals surface area contributed by atoms with Gasteiger partial charge in [-0.25, -0.2) is 4.98 Å². The van der Waals surface area contributed by atoms with Crippen molar-refractivity contribution < 1.29 is 5.79 Å². The first kappa shape index (κ1) is 9.75. The predicted octanol–water partition coefficient (Wildman–Crippen LogP) is 3.56. The lowest BCUT2D eigenvalue weighted by Crippen LogP contribution is -2.17. The van der Waals surface area contributed by atoms with E-state index < -0.39 is 0 Å². The molecule has 0 saturated heterocycles. The number of oxazole rings is 1. The fourth-order valence-corrected chi connectivity index (χ4v) is 1.31. The van der Waals surface area contributed by atoms with Crippen LogP contribution in [0.25, 0.3) is 0 Å². The van der Waals surface area contributed by atoms with E-state index in [-0.39, 0.29) is 17.2 Å². The summed E-state index contributed by atoms with van der Waals surface area (Å²) >= 11 is 0. The Morgan fingerprint density at radius 1 is 1.29 bits per heavy atom. The molecule has 0 spiro atoms. The minimum atomic E-state index is -0.366. The maximum absolute atomic E-state index is 8.17. The first-order valence-electron chi connectivity index (χ1n) is 5.58. The molecule has 0 saturated carbocycles. The quantitative estimate of drug-likeness (QED) is 0.686. The average Bonchev–Trinajstić information content (AvgIpc) is 2.47. The molecule has 1 heterocycles. The molecule has 2 nitrogen and oxygen atoms in total. The van der Waals surface area contributed by atoms with Crippen LogP contribution in [0.5, 0.6) is 0 Å². The summed E-state index contributed by atoms with van der Waals surface area (Å²) < 4.78 is 13.5. The van der Waals surface area contributed by atoms with Crippen LogP contribution in [0.2, 0.25) is 0 Å². The Labute approximate surface area is 88.1 Å². The van der Waals surface area contributed by atoms with Crippen molar-refractivity contribution in [1.82, 2.24) is 4.98 Å². The highest BCUT2D eigenvalue weighted by Crippen LogP contribution is 2.29. The highest BCUT2D eigenvalue weighted by molar-refractivity contribution is 5.17. The van der Waals surface area contributed by atoms with E-state index in [4.69, 9.17) is 5.79 Å². The van der Waals surface area contributed by atoms with Crippen LogP contribution in [0.3, 0.4) is 0 Å². The van der Waals surface area contributed by atoms with Gasteiger partial charge in [-0.15, -0.1) is 0 Å². The van der Waals surface area contributed by atoms with Gasteiger partial charge in [-0.2, -0.15) is 0 Å². The minimum Gasteiger partial charge on any atom is -0.448 e. The summed E-state index contributed by atoms with van der Waals surface area (Å²) in [5.74, 6) is 0.704. The van der Waals surface area contributed by atoms with E-state index in [1.54, 1.807) is 0 Å². The van der Waals surface area contributed by atoms with E-state index in [1.165, 1.54) is 6.39 Å². The van der Waals surface area contributed by atoms with Crippen LogP contribution in [-0.4, -0.2) is 4.98 Å². The summed E-state index contributed by atoms with van der Waals surface area (Å²) in [6, 6.07) is 0. The molecule has 1 aromatic rings. The van der Waals surface area contributed by atoms with Crippen molar-refractivity contribution in [3.05, 3.63) is 17.8 Å². The molecular weight excluding hydrogens is 174 g/mol. The van der Waals surface area contributed by atoms with Crippen LogP contribution >= 0.6 is 0 Å². The third kappa shape index (κ3) is 2.86. The molecule has 0 radical (unpaired) electrons. The Bertz CT molecular complexity index is 330. The van der Waals surface area contributed by atoms with Crippen molar-refractivity contribution in [3.8, 4) is 0 Å². The van der Waals surface area contributed by atoms with E-state index in [9.17, 15) is 0 Å². The molecule has 0 amide bonds. The maximum Gasteiger partial charge on any atom is 0.181 e. The Balaban J connectivity index is 3.12. The molecule has 0 N–H and O–H groups in total. The Kier molecular flexibility index (Phi) is 2.38. The lowest BCUT2D eigenvalue weighted by molar-refractivity contribution is 0.355. The van der Waals surface area contributed by atoms with Gasteiger partial charge in [0.15, 0.2) is 6.39 Å². The number of hydrogen-bond acceptors (Lipinski definition) is 2. The van der Waals surface area contributed by atoms with Gasteiger partial charge in [-0.1, -0.05) is 41.5 Å². The Morgan fingerprint density at radius 2 is 1.86 bits per heavy atom. The topological polar surface area (TPSA) is 26.0 Å². The molecule has 0 aromatic carbocycles. The van der Waals surface area contributed by atoms with E-state index >= 15 is 0 Å². The third-order valence-electron chi connectivity index (χ3n) is 1.87. The molecule has 80 valence electrons. The largest absolute Gasteiger partial charge is 0.448 e. The van der Waals surface area contributed by atoms with Gasteiger partial charge in [-0.3, -0.25) is 0 Å². The predicted molar refractivity (Wildman–Crippen MR) is 58.4 cm³/mol. The van der Waals surface area contributed by atoms with Crippen LogP contribution < -0.4 is 0 Å². The summed E-state index contributed by atoms with van der Waals surface area (Å²) in [4.78, 5) is 4.24. The SMILES string of the molecule is [2H]C(c1ocnc1C(C)(C)C)C(C)(C)C. The number of rotatable bonds is 1. The van der Waals surface area contributed by atoms with Gasteiger partial charge in [0.25, 0.3) is 0 Å². The van der Waals surface area contributed by atoms with Crippen molar-refractivity contribution in [3.63, 3.8) is 0 Å². The second-order valence-corrected chi connectivity index (χ2v) is 5.83. The van der Waals surface area contributed by atoms with Crippen molar-refractivity contribution in [1.29, 1.82) is 0 Å². The number of hydrogen-bond donors (Lipinski definition) is 0. The number of aromatic nitrogens is 1. The molecule has 0 fully saturated rings. The summed E-state index contributed by atoms with van der Waals surface area (Å²) in [5.41, 5.74) is 0.712. The fourth-order valence-electron chi connectivity index (χ4n) is 1.31. The zero-order valence-corrected chi connectivity index (χ0v) is 10.0. The van der Waals surface area contributed by atoms with Crippen molar-refractivity contribution >= 4 is 0 Å². The van der Waals surface area contributed by atoms with Gasteiger partial charge in [0.2, 0.25) is 0 Å². The zero-order chi connectivity index (χ0) is 11.9. The van der Waals surface area contributed by atoms with E-state index in [0.717, 1.165) is 5.69 Å². The second kappa shape index (κ2) is 3.41. The summed E-state index contributed by atoms with van der Waals surface area (Å²) in [6.07, 6.45) is 1.08. The van der Waals surface area contributed by atoms with Crippen molar-refractivity contribution in [2.24, 2.45) is 5.41 Å². The Hall–Kier alpha value is -0.790. The molecule has 1 atom stereocenters. The molecule has 1 rings (SSSR count). The average molecular weight is 196 g/mol. The van der Waals surface area contributed by atoms with Crippen LogP contribution in [0.1, 0.15) is 54.4 Å². The van der Waals surface area contributed by atoms with Crippen LogP contribution in [0, 0.1) is 5.41 Å². The Morgan fingerprint density at radius 3 is 2.29 bits per heavy atom. The highest BCUT2D eigenvalue weighted by atomic mass is 16.3. The lowest BCUT2D eigenvalue weighted by Gasteiger charge is -2.21. The molecule has 1 aromatic heterocycles. The summed E-state index contributed by atoms with van der Waals surface area (Å²) in [6.45, 7) is 12.4. The first-order chi connectivity index (χ1) is 6.64. The molecule has 14 heavy (non-hydrogen) atoms. The van der Waals surface area contributed by atoms with Crippen LogP contribution in [0.4, 0.5) is 0 Å². The highest BCUT2D eigenvalue weighted by Gasteiger charge is 2.25. The van der Waals surface area contributed by atoms with Gasteiger partial charge >= 0.3 is 0 Å². The summed E-state index contributed by atoms with van der Waals surface area (Å²) in [5, 5.41) is 0. The van der Waals surface area contributed by atoms with Crippen LogP contribution in [-0.2, 0) is 11.8 Å². The normalized spacial score (nSPS) is 16.6. The van der Waals surface area contributed by atoms with E-state index in [2.05, 4.69) is 25.8 Å². The molecular formula is C12H21NO. The smallest absolute Gasteiger partial charge is 0.181 e. The molecule has 0 aliphatic rings. The zero-order valence-electron chi connectivity index (χ0n) is 11.0. The van der Waals surface area contributed by atoms with Gasteiger partial charge in [0, 0.05) is 13.2 Å². The minimum absolute atomic E-state index is 0.0626. The van der Waals surface area contributed by atoms with Crippen molar-refractivity contribution in [2.45, 2.75) is 53.4 Å². The van der Waals surface area contributed by atoms with Crippen molar-refractivity contribution in [2.75, 3.05) is 0 Å². The molecule has 1 unspecified atom stereocenters. The summed E-state index contributed by atoms with van der Waals surface area (Å²) in [7, 11) is 0. The van der Waals surface area contributed by atoms with Gasteiger partial charge in [-0.05, 0) is 5.41 Å². The van der Waals surface area contributed by atoms with E-state index in [0.29, 0.717) is 5.76 Å². The standard InChI is InChI=1S/C12H21NO/c1-11(2,3)7-9-10(12(4,5)6)13-8-14-9/h8H,7H2,1-6H3/i7D. The molecule has 0 bridgehead atoms. The maximum atomic E-state index is 8.17. The van der Waals surface area contributed by atoms with Gasteiger partial charge < -0.3 is 4.42 Å². The number of nitrogens with zero attached hydrogens (tertiary/aromatic N) is 1.